The van der Waals surface area contributed by atoms with Crippen molar-refractivity contribution in [3.05, 3.63) is 267 Å². The minimum atomic E-state index is -2.84. The van der Waals surface area contributed by atoms with Crippen molar-refractivity contribution in [2.75, 3.05) is 84.8 Å². The van der Waals surface area contributed by atoms with E-state index in [9.17, 15) is 13.2 Å². The van der Waals surface area contributed by atoms with Gasteiger partial charge >= 0.3 is 0 Å². The molecule has 566 valence electrons. The molecule has 0 amide bonds. The molecule has 103 heavy (non-hydrogen) atoms. The van der Waals surface area contributed by atoms with E-state index in [1.807, 2.05) is 149 Å². The number of benzene rings is 4. The molecule has 2 fully saturated rings. The lowest BCUT2D eigenvalue weighted by Crippen LogP contribution is -2.13. The van der Waals surface area contributed by atoms with Crippen LogP contribution in [0.3, 0.4) is 0 Å². The van der Waals surface area contributed by atoms with Gasteiger partial charge in [-0.25, -0.2) is 28.1 Å². The molecular weight excluding hydrogens is 1360 g/mol. The van der Waals surface area contributed by atoms with Crippen molar-refractivity contribution in [3.8, 4) is 11.8 Å². The maximum absolute atomic E-state index is 12.7. The van der Waals surface area contributed by atoms with E-state index >= 15 is 0 Å². The maximum atomic E-state index is 12.7. The highest BCUT2D eigenvalue weighted by molar-refractivity contribution is 7.09. The lowest BCUT2D eigenvalue weighted by molar-refractivity contribution is 0.0171. The molecule has 4 aromatic carbocycles. The number of aromatic nitrogens is 5. The third-order valence-corrected chi connectivity index (χ3v) is 16.0. The lowest BCUT2D eigenvalue weighted by atomic mass is 9.98. The first-order chi connectivity index (χ1) is 49.9. The van der Waals surface area contributed by atoms with Crippen LogP contribution in [0.15, 0.2) is 206 Å². The first-order valence-electron chi connectivity index (χ1n) is 34.0. The number of hydrogen-bond acceptors (Lipinski definition) is 17. The number of ether oxygens (including phenoxy) is 11. The van der Waals surface area contributed by atoms with Crippen molar-refractivity contribution in [3.63, 3.8) is 0 Å². The average molecular weight is 1470 g/mol. The van der Waals surface area contributed by atoms with Gasteiger partial charge in [0.05, 0.1) is 71.3 Å². The zero-order valence-corrected chi connectivity index (χ0v) is 64.8. The Hall–Kier alpha value is -7.57. The van der Waals surface area contributed by atoms with Crippen LogP contribution < -0.4 is 9.47 Å². The number of halogens is 4. The number of alkyl halides is 2. The van der Waals surface area contributed by atoms with E-state index in [4.69, 9.17) is 63.7 Å². The molecule has 1 unspecified atom stereocenters. The van der Waals surface area contributed by atoms with Gasteiger partial charge in [-0.1, -0.05) is 159 Å². The van der Waals surface area contributed by atoms with Crippen LogP contribution >= 0.6 is 22.9 Å². The van der Waals surface area contributed by atoms with Crippen LogP contribution in [0.4, 0.5) is 13.2 Å². The van der Waals surface area contributed by atoms with E-state index in [0.29, 0.717) is 50.6 Å². The molecule has 9 aromatic rings. The Morgan fingerprint density at radius 2 is 1.06 bits per heavy atom. The number of pyridine rings is 4. The third kappa shape index (κ3) is 46.7. The van der Waals surface area contributed by atoms with E-state index in [-0.39, 0.29) is 29.5 Å². The third-order valence-electron chi connectivity index (χ3n) is 14.9. The Balaban J connectivity index is 0.000000567. The summed E-state index contributed by atoms with van der Waals surface area (Å²) in [6, 6.07) is 50.5. The van der Waals surface area contributed by atoms with Gasteiger partial charge in [0.15, 0.2) is 0 Å². The van der Waals surface area contributed by atoms with Crippen molar-refractivity contribution in [1.29, 1.82) is 0 Å². The second kappa shape index (κ2) is 61.9. The molecule has 0 radical (unpaired) electrons. The fourth-order valence-corrected chi connectivity index (χ4v) is 9.95. The van der Waals surface area contributed by atoms with Crippen LogP contribution in [0.1, 0.15) is 140 Å². The SMILES string of the molecule is COC(C)c1ccccc1.COC1CCCCC1.COCC1CCCC1.COCc1ccccc1.COCc1ccccc1Cl.COCc1ccccc1F.COCc1cccnc1.COCc1nccs1.CO[C@@H](C)c1ccccn1.COc1cc(C(C)(F)F)ccn1.COc1ncccc1C. The quantitative estimate of drug-likeness (QED) is 0.0706. The van der Waals surface area contributed by atoms with Gasteiger partial charge in [0.25, 0.3) is 5.92 Å². The molecule has 2 aliphatic rings. The lowest BCUT2D eigenvalue weighted by Gasteiger charge is -2.19. The molecule has 2 aliphatic carbocycles. The molecule has 5 heterocycles. The van der Waals surface area contributed by atoms with Crippen molar-refractivity contribution >= 4 is 22.9 Å². The summed E-state index contributed by atoms with van der Waals surface area (Å²) in [6.45, 7) is 10.7. The average Bonchev–Trinajstić information content (AvgIpc) is 1.96. The highest BCUT2D eigenvalue weighted by Gasteiger charge is 2.24. The number of hydrogen-bond donors (Lipinski definition) is 0. The molecule has 5 aromatic heterocycles. The molecule has 0 saturated heterocycles. The first kappa shape index (κ1) is 93.4. The Morgan fingerprint density at radius 3 is 1.55 bits per heavy atom. The Labute approximate surface area is 621 Å². The Bertz CT molecular complexity index is 3220. The van der Waals surface area contributed by atoms with E-state index in [2.05, 4.69) is 37.1 Å². The standard InChI is InChI=1S/C9H12O.C8H9ClO.C8H9F2NO.C8H9FO.C8H11NO.C8H10O.2C7H9NO.2C7H14O.C5H7NOS/c1-8(10-2)9-6-4-3-5-7-9;1-10-6-7-4-2-3-5-8(7)9;1-8(9,10)6-3-4-11-7(5-6)12-2;1-10-6-7-4-2-3-5-8(7)9;1-7(10-2)8-5-3-4-6-9-8;1-9-7-8-5-3-2-4-6-8;1-6-4-3-5-8-7(6)9-2;1-9-6-7-3-2-4-8-5-7;1-8-6-7-4-2-3-5-7;1-8-7-5-3-2-4-6-7;1-7-4-5-6-2-3-8-5/h3-8H,1-2H3;2-5H,6H2,1H3;3-5H,1-2H3;2-5H,6H2,1H3;3-7H,1-2H3;2-6H,7H2,1H3;3-5H,1-2H3;2-5H,6H2,1H3;2*7H,2-6H2,1H3;2-3H,4H2,1H3/t;;;;7-;;;;;;/m....0....../s1. The summed E-state index contributed by atoms with van der Waals surface area (Å²) < 4.78 is 92.5. The van der Waals surface area contributed by atoms with E-state index in [1.54, 1.807) is 125 Å². The summed E-state index contributed by atoms with van der Waals surface area (Å²) >= 11 is 7.43. The number of methoxy groups -OCH3 is 11. The smallest absolute Gasteiger partial charge is 0.270 e. The molecule has 2 atom stereocenters. The first-order valence-corrected chi connectivity index (χ1v) is 35.3. The summed E-state index contributed by atoms with van der Waals surface area (Å²) in [7, 11) is 18.3. The Morgan fingerprint density at radius 1 is 0.505 bits per heavy atom. The minimum Gasteiger partial charge on any atom is -0.481 e. The van der Waals surface area contributed by atoms with Gasteiger partial charge in [-0.05, 0) is 117 Å². The summed E-state index contributed by atoms with van der Waals surface area (Å²) in [4.78, 5) is 19.7. The monoisotopic (exact) mass is 1470 g/mol. The Kier molecular flexibility index (Phi) is 56.1. The molecule has 0 N–H and O–H groups in total. The van der Waals surface area contributed by atoms with Crippen molar-refractivity contribution in [2.45, 2.75) is 143 Å². The summed E-state index contributed by atoms with van der Waals surface area (Å²) in [5.41, 5.74) is 7.15. The van der Waals surface area contributed by atoms with Crippen LogP contribution in [0.2, 0.25) is 5.02 Å². The highest BCUT2D eigenvalue weighted by atomic mass is 35.5. The topological polar surface area (TPSA) is 166 Å². The van der Waals surface area contributed by atoms with Gasteiger partial charge in [-0.2, -0.15) is 0 Å². The predicted molar refractivity (Wildman–Crippen MR) is 409 cm³/mol. The van der Waals surface area contributed by atoms with E-state index in [0.717, 1.165) is 51.9 Å². The molecular formula is C82H113ClF3N5O11S. The maximum Gasteiger partial charge on any atom is 0.270 e. The van der Waals surface area contributed by atoms with Gasteiger partial charge in [0.2, 0.25) is 11.8 Å². The van der Waals surface area contributed by atoms with Gasteiger partial charge in [0, 0.05) is 148 Å². The predicted octanol–water partition coefficient (Wildman–Crippen LogP) is 20.4. The second-order valence-corrected chi connectivity index (χ2v) is 24.3. The zero-order chi connectivity index (χ0) is 76.0. The second-order valence-electron chi connectivity index (χ2n) is 22.9. The largest absolute Gasteiger partial charge is 0.481 e. The number of rotatable bonds is 20. The van der Waals surface area contributed by atoms with Crippen molar-refractivity contribution in [2.24, 2.45) is 5.92 Å². The summed E-state index contributed by atoms with van der Waals surface area (Å²) in [6.07, 6.45) is 23.4. The summed E-state index contributed by atoms with van der Waals surface area (Å²) in [5.74, 6) is -1.24. The molecule has 16 nitrogen and oxygen atoms in total. The molecule has 0 bridgehead atoms. The number of thiazole rings is 1. The molecule has 0 spiro atoms. The molecule has 21 heteroatoms. The van der Waals surface area contributed by atoms with E-state index in [1.165, 1.54) is 100 Å². The van der Waals surface area contributed by atoms with E-state index < -0.39 is 5.92 Å². The van der Waals surface area contributed by atoms with Crippen LogP contribution in [-0.4, -0.2) is 116 Å². The van der Waals surface area contributed by atoms with Crippen molar-refractivity contribution in [1.82, 2.24) is 24.9 Å². The van der Waals surface area contributed by atoms with Crippen LogP contribution in [0.5, 0.6) is 11.8 Å². The fraction of sp³-hybridized carbons (Fsp3) is 0.427. The molecule has 2 saturated carbocycles. The van der Waals surface area contributed by atoms with Gasteiger partial charge in [-0.15, -0.1) is 11.3 Å². The van der Waals surface area contributed by atoms with Gasteiger partial charge < -0.3 is 52.1 Å². The highest BCUT2D eigenvalue weighted by Crippen LogP contribution is 2.28. The van der Waals surface area contributed by atoms with Crippen LogP contribution in [-0.2, 0) is 81.6 Å². The van der Waals surface area contributed by atoms with Gasteiger partial charge in [0.1, 0.15) is 10.8 Å². The molecule has 11 rings (SSSR count). The number of nitrogens with zero attached hydrogens (tertiary/aromatic N) is 5. The normalized spacial score (nSPS) is 12.5. The number of aryl methyl sites for hydroxylation is 1. The zero-order valence-electron chi connectivity index (χ0n) is 63.2. The molecule has 0 aliphatic heterocycles. The van der Waals surface area contributed by atoms with Crippen LogP contribution in [0.25, 0.3) is 0 Å². The van der Waals surface area contributed by atoms with Crippen molar-refractivity contribution < 1.29 is 65.3 Å². The van der Waals surface area contributed by atoms with Crippen LogP contribution in [0, 0.1) is 18.7 Å². The fourth-order valence-electron chi connectivity index (χ4n) is 9.17. The van der Waals surface area contributed by atoms with Gasteiger partial charge in [-0.3, -0.25) is 9.97 Å². The minimum absolute atomic E-state index is 0.0886. The summed E-state index contributed by atoms with van der Waals surface area (Å²) in [5, 5.41) is 3.74.